The summed E-state index contributed by atoms with van der Waals surface area (Å²) in [6, 6.07) is 22.7. The fraction of sp³-hybridized carbons (Fsp3) is 0.130. The molecular formula is C23H21ClN2O3S. The molecule has 0 saturated heterocycles. The van der Waals surface area contributed by atoms with Gasteiger partial charge >= 0.3 is 0 Å². The SMILES string of the molecule is COc1cc(/C=N/NC(=O)CSc2ccc(Cl)cc2)ccc1OCc1ccccc1. The van der Waals surface area contributed by atoms with Crippen LogP contribution in [0.4, 0.5) is 0 Å². The zero-order valence-electron chi connectivity index (χ0n) is 16.4. The van der Waals surface area contributed by atoms with Crippen molar-refractivity contribution < 1.29 is 14.3 Å². The van der Waals surface area contributed by atoms with Crippen molar-refractivity contribution in [2.75, 3.05) is 12.9 Å². The molecule has 0 atom stereocenters. The smallest absolute Gasteiger partial charge is 0.250 e. The van der Waals surface area contributed by atoms with E-state index < -0.39 is 0 Å². The van der Waals surface area contributed by atoms with Gasteiger partial charge in [-0.1, -0.05) is 41.9 Å². The largest absolute Gasteiger partial charge is 0.493 e. The summed E-state index contributed by atoms with van der Waals surface area (Å²) in [7, 11) is 1.58. The van der Waals surface area contributed by atoms with E-state index in [1.807, 2.05) is 54.6 Å². The summed E-state index contributed by atoms with van der Waals surface area (Å²) in [6.07, 6.45) is 1.56. The number of ether oxygens (including phenoxy) is 2. The van der Waals surface area contributed by atoms with Crippen molar-refractivity contribution in [3.05, 3.63) is 88.9 Å². The number of hydrogen-bond acceptors (Lipinski definition) is 5. The standard InChI is InChI=1S/C23H21ClN2O3S/c1-28-22-13-18(7-12-21(22)29-15-17-5-3-2-4-6-17)14-25-26-23(27)16-30-20-10-8-19(24)9-11-20/h2-14H,15-16H2,1H3,(H,26,27)/b25-14+. The molecular weight excluding hydrogens is 420 g/mol. The topological polar surface area (TPSA) is 59.9 Å². The molecule has 0 aliphatic carbocycles. The fourth-order valence-electron chi connectivity index (χ4n) is 2.51. The van der Waals surface area contributed by atoms with Crippen LogP contribution >= 0.6 is 23.4 Å². The second kappa shape index (κ2) is 11.3. The molecule has 5 nitrogen and oxygen atoms in total. The van der Waals surface area contributed by atoms with Gasteiger partial charge in [-0.05, 0) is 53.6 Å². The monoisotopic (exact) mass is 440 g/mol. The van der Waals surface area contributed by atoms with Gasteiger partial charge in [-0.15, -0.1) is 11.8 Å². The number of carbonyl (C=O) groups is 1. The minimum absolute atomic E-state index is 0.194. The van der Waals surface area contributed by atoms with Crippen LogP contribution in [-0.2, 0) is 11.4 Å². The zero-order valence-corrected chi connectivity index (χ0v) is 18.0. The minimum Gasteiger partial charge on any atom is -0.493 e. The van der Waals surface area contributed by atoms with Crippen LogP contribution < -0.4 is 14.9 Å². The van der Waals surface area contributed by atoms with E-state index in [0.717, 1.165) is 16.0 Å². The molecule has 3 aromatic carbocycles. The van der Waals surface area contributed by atoms with Gasteiger partial charge in [0.05, 0.1) is 19.1 Å². The number of nitrogens with one attached hydrogen (secondary N) is 1. The van der Waals surface area contributed by atoms with Gasteiger partial charge in [-0.3, -0.25) is 4.79 Å². The van der Waals surface area contributed by atoms with Crippen molar-refractivity contribution >= 4 is 35.5 Å². The zero-order chi connectivity index (χ0) is 21.2. The number of amides is 1. The van der Waals surface area contributed by atoms with Gasteiger partial charge < -0.3 is 9.47 Å². The van der Waals surface area contributed by atoms with Gasteiger partial charge in [-0.25, -0.2) is 5.43 Å². The molecule has 0 heterocycles. The molecule has 3 aromatic rings. The lowest BCUT2D eigenvalue weighted by atomic mass is 10.2. The number of methoxy groups -OCH3 is 1. The Morgan fingerprint density at radius 1 is 1.07 bits per heavy atom. The first-order valence-corrected chi connectivity index (χ1v) is 10.6. The number of benzene rings is 3. The molecule has 7 heteroatoms. The highest BCUT2D eigenvalue weighted by Gasteiger charge is 2.06. The van der Waals surface area contributed by atoms with Crippen LogP contribution in [0.3, 0.4) is 0 Å². The Morgan fingerprint density at radius 2 is 1.83 bits per heavy atom. The highest BCUT2D eigenvalue weighted by molar-refractivity contribution is 8.00. The van der Waals surface area contributed by atoms with Crippen LogP contribution in [0, 0.1) is 0 Å². The van der Waals surface area contributed by atoms with Crippen LogP contribution in [0.25, 0.3) is 0 Å². The Balaban J connectivity index is 1.50. The average Bonchev–Trinajstić information content (AvgIpc) is 2.78. The molecule has 0 saturated carbocycles. The molecule has 154 valence electrons. The average molecular weight is 441 g/mol. The van der Waals surface area contributed by atoms with Gasteiger partial charge in [0.2, 0.25) is 5.91 Å². The lowest BCUT2D eigenvalue weighted by Gasteiger charge is -2.11. The molecule has 0 unspecified atom stereocenters. The first kappa shape index (κ1) is 21.7. The van der Waals surface area contributed by atoms with Crippen LogP contribution in [0.15, 0.2) is 82.8 Å². The van der Waals surface area contributed by atoms with E-state index in [1.165, 1.54) is 11.8 Å². The summed E-state index contributed by atoms with van der Waals surface area (Å²) in [6.45, 7) is 0.450. The molecule has 0 bridgehead atoms. The molecule has 3 rings (SSSR count). The molecule has 0 radical (unpaired) electrons. The molecule has 1 N–H and O–H groups in total. The Morgan fingerprint density at radius 3 is 2.57 bits per heavy atom. The summed E-state index contributed by atoms with van der Waals surface area (Å²) in [5.41, 5.74) is 4.38. The van der Waals surface area contributed by atoms with E-state index in [2.05, 4.69) is 10.5 Å². The third-order valence-corrected chi connectivity index (χ3v) is 5.28. The third kappa shape index (κ3) is 6.83. The van der Waals surface area contributed by atoms with Crippen molar-refractivity contribution in [3.63, 3.8) is 0 Å². The van der Waals surface area contributed by atoms with Gasteiger partial charge in [-0.2, -0.15) is 5.10 Å². The summed E-state index contributed by atoms with van der Waals surface area (Å²) in [5.74, 6) is 1.30. The first-order valence-electron chi connectivity index (χ1n) is 9.19. The number of hydrogen-bond donors (Lipinski definition) is 1. The third-order valence-electron chi connectivity index (χ3n) is 4.01. The van der Waals surface area contributed by atoms with Crippen molar-refractivity contribution in [2.24, 2.45) is 5.10 Å². The quantitative estimate of drug-likeness (QED) is 0.283. The van der Waals surface area contributed by atoms with Crippen LogP contribution in [0.1, 0.15) is 11.1 Å². The minimum atomic E-state index is -0.194. The summed E-state index contributed by atoms with van der Waals surface area (Å²) < 4.78 is 11.3. The van der Waals surface area contributed by atoms with Gasteiger partial charge in [0.1, 0.15) is 6.61 Å². The van der Waals surface area contributed by atoms with Crippen molar-refractivity contribution in [1.82, 2.24) is 5.43 Å². The second-order valence-corrected chi connectivity index (χ2v) is 7.71. The van der Waals surface area contributed by atoms with Gasteiger partial charge in [0.15, 0.2) is 11.5 Å². The van der Waals surface area contributed by atoms with E-state index in [4.69, 9.17) is 21.1 Å². The Kier molecular flexibility index (Phi) is 8.18. The van der Waals surface area contributed by atoms with Crippen LogP contribution in [0.5, 0.6) is 11.5 Å². The highest BCUT2D eigenvalue weighted by atomic mass is 35.5. The fourth-order valence-corrected chi connectivity index (χ4v) is 3.33. The highest BCUT2D eigenvalue weighted by Crippen LogP contribution is 2.28. The van der Waals surface area contributed by atoms with Crippen LogP contribution in [0.2, 0.25) is 5.02 Å². The lowest BCUT2D eigenvalue weighted by Crippen LogP contribution is -2.19. The number of halogens is 1. The molecule has 0 spiro atoms. The van der Waals surface area contributed by atoms with E-state index in [0.29, 0.717) is 23.1 Å². The molecule has 0 aliphatic heterocycles. The molecule has 1 amide bonds. The van der Waals surface area contributed by atoms with E-state index >= 15 is 0 Å². The van der Waals surface area contributed by atoms with Crippen molar-refractivity contribution in [1.29, 1.82) is 0 Å². The number of thioether (sulfide) groups is 1. The maximum Gasteiger partial charge on any atom is 0.250 e. The number of rotatable bonds is 9. The van der Waals surface area contributed by atoms with Crippen molar-refractivity contribution in [3.8, 4) is 11.5 Å². The molecule has 0 aromatic heterocycles. The van der Waals surface area contributed by atoms with E-state index in [9.17, 15) is 4.79 Å². The summed E-state index contributed by atoms with van der Waals surface area (Å²) in [5, 5.41) is 4.68. The lowest BCUT2D eigenvalue weighted by molar-refractivity contribution is -0.118. The van der Waals surface area contributed by atoms with Gasteiger partial charge in [0, 0.05) is 9.92 Å². The maximum atomic E-state index is 12.0. The normalized spacial score (nSPS) is 10.7. The summed E-state index contributed by atoms with van der Waals surface area (Å²) in [4.78, 5) is 12.9. The molecule has 30 heavy (non-hydrogen) atoms. The predicted molar refractivity (Wildman–Crippen MR) is 122 cm³/mol. The summed E-state index contributed by atoms with van der Waals surface area (Å²) >= 11 is 7.27. The van der Waals surface area contributed by atoms with Gasteiger partial charge in [0.25, 0.3) is 0 Å². The molecule has 0 aliphatic rings. The molecule has 0 fully saturated rings. The number of nitrogens with zero attached hydrogens (tertiary/aromatic N) is 1. The Hall–Kier alpha value is -2.96. The number of carbonyl (C=O) groups excluding carboxylic acids is 1. The second-order valence-electron chi connectivity index (χ2n) is 6.22. The Bertz CT molecular complexity index is 995. The van der Waals surface area contributed by atoms with E-state index in [1.54, 1.807) is 31.5 Å². The maximum absolute atomic E-state index is 12.0. The predicted octanol–water partition coefficient (Wildman–Crippen LogP) is 5.17. The first-order chi connectivity index (χ1) is 14.6. The van der Waals surface area contributed by atoms with Crippen LogP contribution in [-0.4, -0.2) is 25.0 Å². The number of hydrazone groups is 1. The van der Waals surface area contributed by atoms with Crippen molar-refractivity contribution in [2.45, 2.75) is 11.5 Å². The Labute approximate surface area is 185 Å². The van der Waals surface area contributed by atoms with E-state index in [-0.39, 0.29) is 11.7 Å².